The summed E-state index contributed by atoms with van der Waals surface area (Å²) in [5.41, 5.74) is 1.20. The molecule has 0 aliphatic rings. The molecule has 0 aliphatic carbocycles. The van der Waals surface area contributed by atoms with Gasteiger partial charge in [-0.15, -0.1) is 0 Å². The van der Waals surface area contributed by atoms with Crippen LogP contribution in [0, 0.1) is 6.92 Å². The van der Waals surface area contributed by atoms with Crippen molar-refractivity contribution in [3.8, 4) is 5.75 Å². The lowest BCUT2D eigenvalue weighted by Crippen LogP contribution is -2.26. The molecule has 1 N–H and O–H groups in total. The third-order valence-corrected chi connectivity index (χ3v) is 6.38. The van der Waals surface area contributed by atoms with Gasteiger partial charge < -0.3 is 9.72 Å². The summed E-state index contributed by atoms with van der Waals surface area (Å²) in [4.78, 5) is 13.4. The van der Waals surface area contributed by atoms with Crippen molar-refractivity contribution in [2.24, 2.45) is 0 Å². The van der Waals surface area contributed by atoms with Crippen molar-refractivity contribution in [3.63, 3.8) is 0 Å². The molecule has 0 amide bonds. The molecule has 2 aromatic rings. The molecule has 0 unspecified atom stereocenters. The van der Waals surface area contributed by atoms with E-state index in [9.17, 15) is 13.2 Å². The van der Waals surface area contributed by atoms with Crippen LogP contribution >= 0.6 is 11.3 Å². The Morgan fingerprint density at radius 1 is 1.29 bits per heavy atom. The van der Waals surface area contributed by atoms with Crippen LogP contribution < -0.4 is 9.61 Å². The lowest BCUT2D eigenvalue weighted by Gasteiger charge is -2.16. The van der Waals surface area contributed by atoms with E-state index in [1.54, 1.807) is 38.3 Å². The second-order valence-corrected chi connectivity index (χ2v) is 7.76. The first kappa shape index (κ1) is 15.7. The minimum Gasteiger partial charge on any atom is -0.497 e. The van der Waals surface area contributed by atoms with Gasteiger partial charge in [0.05, 0.1) is 7.11 Å². The number of methoxy groups -OCH3 is 1. The summed E-state index contributed by atoms with van der Waals surface area (Å²) < 4.78 is 31.2. The molecular formula is C13H16N2O4S2. The van der Waals surface area contributed by atoms with E-state index in [-0.39, 0.29) is 15.6 Å². The van der Waals surface area contributed by atoms with Crippen LogP contribution in [-0.4, -0.2) is 31.9 Å². The highest BCUT2D eigenvalue weighted by molar-refractivity contribution is 7.91. The molecule has 0 aliphatic heterocycles. The van der Waals surface area contributed by atoms with Gasteiger partial charge in [-0.1, -0.05) is 23.5 Å². The topological polar surface area (TPSA) is 79.5 Å². The molecule has 0 fully saturated rings. The predicted octanol–water partition coefficient (Wildman–Crippen LogP) is 1.57. The van der Waals surface area contributed by atoms with Gasteiger partial charge in [0.25, 0.3) is 10.0 Å². The normalized spacial score (nSPS) is 11.8. The van der Waals surface area contributed by atoms with Gasteiger partial charge in [0, 0.05) is 19.3 Å². The van der Waals surface area contributed by atoms with Gasteiger partial charge in [0.15, 0.2) is 4.21 Å². The van der Waals surface area contributed by atoms with E-state index in [4.69, 9.17) is 4.74 Å². The second kappa shape index (κ2) is 6.00. The van der Waals surface area contributed by atoms with E-state index in [1.165, 1.54) is 11.4 Å². The van der Waals surface area contributed by atoms with Gasteiger partial charge >= 0.3 is 4.87 Å². The van der Waals surface area contributed by atoms with E-state index < -0.39 is 10.0 Å². The number of nitrogens with zero attached hydrogens (tertiary/aromatic N) is 1. The van der Waals surface area contributed by atoms with Gasteiger partial charge in [-0.2, -0.15) is 4.31 Å². The van der Waals surface area contributed by atoms with Crippen LogP contribution in [0.5, 0.6) is 5.75 Å². The van der Waals surface area contributed by atoms with Gasteiger partial charge in [-0.25, -0.2) is 8.42 Å². The van der Waals surface area contributed by atoms with Gasteiger partial charge in [0.1, 0.15) is 5.75 Å². The van der Waals surface area contributed by atoms with Gasteiger partial charge in [0.2, 0.25) is 0 Å². The van der Waals surface area contributed by atoms with E-state index >= 15 is 0 Å². The predicted molar refractivity (Wildman–Crippen MR) is 81.3 cm³/mol. The Labute approximate surface area is 127 Å². The molecule has 1 aromatic carbocycles. The number of thiazole rings is 1. The Morgan fingerprint density at radius 2 is 1.90 bits per heavy atom. The quantitative estimate of drug-likeness (QED) is 0.903. The van der Waals surface area contributed by atoms with E-state index in [0.29, 0.717) is 22.8 Å². The molecule has 21 heavy (non-hydrogen) atoms. The molecule has 8 heteroatoms. The standard InChI is InChI=1S/C13H16N2O4S2/c1-9-12(20-13(16)14-9)21(17,18)15(2)8-10-4-6-11(19-3)7-5-10/h4-7H,8H2,1-3H3,(H,14,16). The summed E-state index contributed by atoms with van der Waals surface area (Å²) >= 11 is 0.706. The average molecular weight is 328 g/mol. The highest BCUT2D eigenvalue weighted by atomic mass is 32.2. The number of aromatic amines is 1. The number of hydrogen-bond acceptors (Lipinski definition) is 5. The van der Waals surface area contributed by atoms with Crippen LogP contribution in [0.4, 0.5) is 0 Å². The summed E-state index contributed by atoms with van der Waals surface area (Å²) in [5.74, 6) is 0.712. The van der Waals surface area contributed by atoms with Gasteiger partial charge in [-0.3, -0.25) is 4.79 Å². The summed E-state index contributed by atoms with van der Waals surface area (Å²) in [7, 11) is -0.612. The smallest absolute Gasteiger partial charge is 0.305 e. The van der Waals surface area contributed by atoms with Crippen LogP contribution in [0.2, 0.25) is 0 Å². The molecule has 1 heterocycles. The van der Waals surface area contributed by atoms with Gasteiger partial charge in [-0.05, 0) is 24.6 Å². The lowest BCUT2D eigenvalue weighted by molar-refractivity contribution is 0.414. The maximum Gasteiger partial charge on any atom is 0.305 e. The number of rotatable bonds is 5. The molecule has 0 atom stereocenters. The molecule has 0 radical (unpaired) electrons. The van der Waals surface area contributed by atoms with Crippen molar-refractivity contribution in [1.82, 2.24) is 9.29 Å². The highest BCUT2D eigenvalue weighted by Gasteiger charge is 2.25. The molecule has 114 valence electrons. The molecule has 6 nitrogen and oxygen atoms in total. The Hall–Kier alpha value is -1.64. The minimum atomic E-state index is -3.67. The van der Waals surface area contributed by atoms with E-state index in [0.717, 1.165) is 5.56 Å². The fourth-order valence-electron chi connectivity index (χ4n) is 1.85. The summed E-state index contributed by atoms with van der Waals surface area (Å²) in [6.45, 7) is 1.80. The lowest BCUT2D eigenvalue weighted by atomic mass is 10.2. The molecule has 0 saturated heterocycles. The van der Waals surface area contributed by atoms with Crippen LogP contribution in [0.1, 0.15) is 11.3 Å². The maximum atomic E-state index is 12.4. The van der Waals surface area contributed by atoms with Crippen molar-refractivity contribution in [2.75, 3.05) is 14.2 Å². The highest BCUT2D eigenvalue weighted by Crippen LogP contribution is 2.22. The minimum absolute atomic E-state index is 0.0588. The number of ether oxygens (including phenoxy) is 1. The van der Waals surface area contributed by atoms with Crippen molar-refractivity contribution in [1.29, 1.82) is 0 Å². The average Bonchev–Trinajstić information content (AvgIpc) is 2.79. The Morgan fingerprint density at radius 3 is 2.38 bits per heavy atom. The van der Waals surface area contributed by atoms with E-state index in [1.807, 2.05) is 0 Å². The van der Waals surface area contributed by atoms with Crippen molar-refractivity contribution in [3.05, 3.63) is 45.2 Å². The largest absolute Gasteiger partial charge is 0.497 e. The number of benzene rings is 1. The van der Waals surface area contributed by atoms with Crippen LogP contribution in [0.25, 0.3) is 0 Å². The summed E-state index contributed by atoms with van der Waals surface area (Å²) in [6, 6.07) is 7.15. The van der Waals surface area contributed by atoms with Crippen molar-refractivity contribution >= 4 is 21.4 Å². The Balaban J connectivity index is 2.24. The number of sulfonamides is 1. The van der Waals surface area contributed by atoms with Crippen molar-refractivity contribution < 1.29 is 13.2 Å². The molecule has 0 saturated carbocycles. The first-order valence-corrected chi connectivity index (χ1v) is 8.39. The number of aryl methyl sites for hydroxylation is 1. The zero-order valence-electron chi connectivity index (χ0n) is 11.9. The number of H-pyrrole nitrogens is 1. The van der Waals surface area contributed by atoms with E-state index in [2.05, 4.69) is 4.98 Å². The summed E-state index contributed by atoms with van der Waals surface area (Å²) in [5, 5.41) is 0. The van der Waals surface area contributed by atoms with Crippen LogP contribution in [0.15, 0.2) is 33.3 Å². The molecule has 0 spiro atoms. The molecular weight excluding hydrogens is 312 g/mol. The first-order valence-electron chi connectivity index (χ1n) is 6.13. The van der Waals surface area contributed by atoms with Crippen LogP contribution in [-0.2, 0) is 16.6 Å². The fourth-order valence-corrected chi connectivity index (χ4v) is 4.50. The first-order chi connectivity index (χ1) is 9.84. The number of aromatic nitrogens is 1. The maximum absolute atomic E-state index is 12.4. The molecule has 0 bridgehead atoms. The van der Waals surface area contributed by atoms with Crippen LogP contribution in [0.3, 0.4) is 0 Å². The third-order valence-electron chi connectivity index (χ3n) is 2.99. The molecule has 1 aromatic heterocycles. The summed E-state index contributed by atoms with van der Waals surface area (Å²) in [6.07, 6.45) is 0. The Kier molecular flexibility index (Phi) is 4.50. The zero-order valence-corrected chi connectivity index (χ0v) is 13.5. The molecule has 2 rings (SSSR count). The third kappa shape index (κ3) is 3.34. The van der Waals surface area contributed by atoms with Crippen molar-refractivity contribution in [2.45, 2.75) is 17.7 Å². The monoisotopic (exact) mass is 328 g/mol. The fraction of sp³-hybridized carbons (Fsp3) is 0.308. The Bertz CT molecular complexity index is 775. The number of hydrogen-bond donors (Lipinski definition) is 1. The zero-order chi connectivity index (χ0) is 15.6. The SMILES string of the molecule is COc1ccc(CN(C)S(=O)(=O)c2sc(=O)[nH]c2C)cc1. The second-order valence-electron chi connectivity index (χ2n) is 4.54. The number of nitrogens with one attached hydrogen (secondary N) is 1.